The van der Waals surface area contributed by atoms with Crippen LogP contribution >= 0.6 is 11.6 Å². The van der Waals surface area contributed by atoms with Gasteiger partial charge in [-0.1, -0.05) is 11.6 Å². The summed E-state index contributed by atoms with van der Waals surface area (Å²) in [5, 5.41) is 18.9. The molecule has 0 saturated carbocycles. The van der Waals surface area contributed by atoms with Crippen LogP contribution in [0.5, 0.6) is 0 Å². The number of nitrogens with zero attached hydrogens (tertiary/aromatic N) is 6. The Hall–Kier alpha value is -2.74. The van der Waals surface area contributed by atoms with E-state index in [9.17, 15) is 4.79 Å². The van der Waals surface area contributed by atoms with Crippen molar-refractivity contribution in [3.8, 4) is 5.69 Å². The van der Waals surface area contributed by atoms with Crippen LogP contribution in [0.1, 0.15) is 40.2 Å². The fraction of sp³-hybridized carbons (Fsp3) is 0.353. The lowest BCUT2D eigenvalue weighted by Crippen LogP contribution is -2.25. The lowest BCUT2D eigenvalue weighted by Gasteiger charge is -2.12. The molecule has 1 aliphatic carbocycles. The van der Waals surface area contributed by atoms with Crippen molar-refractivity contribution in [2.24, 2.45) is 7.05 Å². The Morgan fingerprint density at radius 2 is 2.15 bits per heavy atom. The van der Waals surface area contributed by atoms with Crippen LogP contribution in [0.4, 0.5) is 0 Å². The maximum absolute atomic E-state index is 12.6. The van der Waals surface area contributed by atoms with Gasteiger partial charge < -0.3 is 5.32 Å². The first-order chi connectivity index (χ1) is 12.6. The first kappa shape index (κ1) is 16.7. The van der Waals surface area contributed by atoms with Crippen LogP contribution in [0.25, 0.3) is 5.69 Å². The second-order valence-electron chi connectivity index (χ2n) is 6.30. The van der Waals surface area contributed by atoms with Gasteiger partial charge in [-0.25, -0.2) is 4.68 Å². The number of carbonyl (C=O) groups is 1. The smallest absolute Gasteiger partial charge is 0.253 e. The zero-order chi connectivity index (χ0) is 18.1. The highest BCUT2D eigenvalue weighted by Crippen LogP contribution is 2.24. The zero-order valence-corrected chi connectivity index (χ0v) is 15.1. The van der Waals surface area contributed by atoms with Crippen LogP contribution in [-0.2, 0) is 26.4 Å². The molecule has 8 nitrogen and oxygen atoms in total. The molecular formula is C17H18ClN7O. The van der Waals surface area contributed by atoms with Crippen molar-refractivity contribution in [1.29, 1.82) is 0 Å². The van der Waals surface area contributed by atoms with Gasteiger partial charge in [-0.2, -0.15) is 5.10 Å². The molecule has 0 saturated heterocycles. The molecule has 0 radical (unpaired) electrons. The van der Waals surface area contributed by atoms with Crippen LogP contribution in [0, 0.1) is 0 Å². The predicted octanol–water partition coefficient (Wildman–Crippen LogP) is 1.86. The summed E-state index contributed by atoms with van der Waals surface area (Å²) in [5.74, 6) is -0.218. The molecule has 2 heterocycles. The number of carbonyl (C=O) groups excluding carboxylic acids is 1. The minimum atomic E-state index is -0.218. The fourth-order valence-electron chi connectivity index (χ4n) is 3.34. The van der Waals surface area contributed by atoms with Gasteiger partial charge in [-0.05, 0) is 59.9 Å². The van der Waals surface area contributed by atoms with Gasteiger partial charge in [0, 0.05) is 7.05 Å². The Morgan fingerprint density at radius 1 is 1.31 bits per heavy atom. The Balaban J connectivity index is 1.50. The number of nitrogens with one attached hydrogen (secondary N) is 1. The van der Waals surface area contributed by atoms with Gasteiger partial charge >= 0.3 is 0 Å². The van der Waals surface area contributed by atoms with Gasteiger partial charge in [-0.3, -0.25) is 9.48 Å². The lowest BCUT2D eigenvalue weighted by molar-refractivity contribution is 0.0950. The SMILES string of the molecule is Cn1nc2c(c1CNC(=O)c1ccc(-n3cnnn3)cc1Cl)CCCC2. The molecule has 1 aliphatic rings. The molecule has 9 heteroatoms. The van der Waals surface area contributed by atoms with Crippen LogP contribution in [0.15, 0.2) is 24.5 Å². The molecule has 134 valence electrons. The van der Waals surface area contributed by atoms with Crippen LogP contribution < -0.4 is 5.32 Å². The molecule has 0 spiro atoms. The minimum Gasteiger partial charge on any atom is -0.346 e. The molecule has 2 aromatic heterocycles. The Labute approximate surface area is 155 Å². The molecule has 0 atom stereocenters. The van der Waals surface area contributed by atoms with Crippen molar-refractivity contribution < 1.29 is 4.79 Å². The molecule has 0 fully saturated rings. The molecule has 0 unspecified atom stereocenters. The Kier molecular flexibility index (Phi) is 4.42. The van der Waals surface area contributed by atoms with Crippen molar-refractivity contribution in [3.63, 3.8) is 0 Å². The number of aryl methyl sites for hydroxylation is 2. The van der Waals surface area contributed by atoms with Gasteiger partial charge in [0.1, 0.15) is 6.33 Å². The summed E-state index contributed by atoms with van der Waals surface area (Å²) in [6.07, 6.45) is 5.86. The third-order valence-corrected chi connectivity index (χ3v) is 4.99. The number of hydrogen-bond acceptors (Lipinski definition) is 5. The minimum absolute atomic E-state index is 0.218. The zero-order valence-electron chi connectivity index (χ0n) is 14.3. The summed E-state index contributed by atoms with van der Waals surface area (Å²) in [4.78, 5) is 12.6. The van der Waals surface area contributed by atoms with Crippen molar-refractivity contribution in [1.82, 2.24) is 35.3 Å². The predicted molar refractivity (Wildman–Crippen MR) is 95.2 cm³/mol. The highest BCUT2D eigenvalue weighted by atomic mass is 35.5. The van der Waals surface area contributed by atoms with Gasteiger partial charge in [0.05, 0.1) is 34.2 Å². The molecule has 1 aromatic carbocycles. The number of tetrazole rings is 1. The maximum Gasteiger partial charge on any atom is 0.253 e. The van der Waals surface area contributed by atoms with Gasteiger partial charge in [0.25, 0.3) is 5.91 Å². The van der Waals surface area contributed by atoms with E-state index >= 15 is 0 Å². The first-order valence-corrected chi connectivity index (χ1v) is 8.86. The van der Waals surface area contributed by atoms with Crippen LogP contribution in [0.2, 0.25) is 5.02 Å². The van der Waals surface area contributed by atoms with E-state index in [1.54, 1.807) is 18.2 Å². The van der Waals surface area contributed by atoms with Gasteiger partial charge in [0.2, 0.25) is 0 Å². The molecular weight excluding hydrogens is 354 g/mol. The lowest BCUT2D eigenvalue weighted by atomic mass is 9.96. The fourth-order valence-corrected chi connectivity index (χ4v) is 3.60. The molecule has 4 rings (SSSR count). The quantitative estimate of drug-likeness (QED) is 0.755. The topological polar surface area (TPSA) is 90.5 Å². The highest BCUT2D eigenvalue weighted by molar-refractivity contribution is 6.34. The van der Waals surface area contributed by atoms with Crippen molar-refractivity contribution >= 4 is 17.5 Å². The molecule has 1 amide bonds. The first-order valence-electron chi connectivity index (χ1n) is 8.48. The third-order valence-electron chi connectivity index (χ3n) is 4.68. The van der Waals surface area contributed by atoms with Crippen LogP contribution in [0.3, 0.4) is 0 Å². The third kappa shape index (κ3) is 3.08. The number of aromatic nitrogens is 6. The van der Waals surface area contributed by atoms with Crippen molar-refractivity contribution in [2.75, 3.05) is 0 Å². The van der Waals surface area contributed by atoms with E-state index in [0.29, 0.717) is 22.8 Å². The summed E-state index contributed by atoms with van der Waals surface area (Å²) in [6, 6.07) is 5.09. The van der Waals surface area contributed by atoms with Crippen molar-refractivity contribution in [3.05, 3.63) is 52.1 Å². The summed E-state index contributed by atoms with van der Waals surface area (Å²) in [6.45, 7) is 0.433. The van der Waals surface area contributed by atoms with Crippen LogP contribution in [-0.4, -0.2) is 35.9 Å². The normalized spacial score (nSPS) is 13.5. The largest absolute Gasteiger partial charge is 0.346 e. The second-order valence-corrected chi connectivity index (χ2v) is 6.71. The monoisotopic (exact) mass is 371 g/mol. The number of halogens is 1. The maximum atomic E-state index is 12.6. The van der Waals surface area contributed by atoms with E-state index in [0.717, 1.165) is 24.2 Å². The highest BCUT2D eigenvalue weighted by Gasteiger charge is 2.20. The summed E-state index contributed by atoms with van der Waals surface area (Å²) in [7, 11) is 1.92. The number of fused-ring (bicyclic) bond motifs is 1. The standard InChI is InChI=1S/C17H18ClN7O/c1-24-16(13-4-2-3-5-15(13)21-24)9-19-17(26)12-7-6-11(8-14(12)18)25-10-20-22-23-25/h6-8,10H,2-5,9H2,1H3,(H,19,26). The number of hydrogen-bond donors (Lipinski definition) is 1. The van der Waals surface area contributed by atoms with E-state index in [-0.39, 0.29) is 5.91 Å². The number of amides is 1. The number of rotatable bonds is 4. The average Bonchev–Trinajstić information content (AvgIpc) is 3.27. The molecule has 0 aliphatic heterocycles. The summed E-state index contributed by atoms with van der Waals surface area (Å²) >= 11 is 6.29. The van der Waals surface area contributed by atoms with E-state index in [2.05, 4.69) is 25.9 Å². The number of benzene rings is 1. The average molecular weight is 372 g/mol. The van der Waals surface area contributed by atoms with Gasteiger partial charge in [-0.15, -0.1) is 5.10 Å². The second kappa shape index (κ2) is 6.87. The van der Waals surface area contributed by atoms with Gasteiger partial charge in [0.15, 0.2) is 0 Å². The summed E-state index contributed by atoms with van der Waals surface area (Å²) < 4.78 is 3.36. The van der Waals surface area contributed by atoms with E-state index in [1.165, 1.54) is 29.4 Å². The van der Waals surface area contributed by atoms with Crippen molar-refractivity contribution in [2.45, 2.75) is 32.2 Å². The molecule has 1 N–H and O–H groups in total. The Bertz CT molecular complexity index is 948. The Morgan fingerprint density at radius 3 is 2.92 bits per heavy atom. The van der Waals surface area contributed by atoms with E-state index in [4.69, 9.17) is 11.6 Å². The van der Waals surface area contributed by atoms with E-state index < -0.39 is 0 Å². The van der Waals surface area contributed by atoms with E-state index in [1.807, 2.05) is 11.7 Å². The molecule has 0 bridgehead atoms. The molecule has 26 heavy (non-hydrogen) atoms. The molecule has 3 aromatic rings. The summed E-state index contributed by atoms with van der Waals surface area (Å²) in [5.41, 5.74) is 4.61.